The zero-order chi connectivity index (χ0) is 13.6. The summed E-state index contributed by atoms with van der Waals surface area (Å²) in [4.78, 5) is 4.48. The summed E-state index contributed by atoms with van der Waals surface area (Å²) in [6, 6.07) is 3.95. The molecule has 0 bridgehead atoms. The van der Waals surface area contributed by atoms with Gasteiger partial charge in [-0.3, -0.25) is 4.98 Å². The lowest BCUT2D eigenvalue weighted by molar-refractivity contribution is 0.00533. The fourth-order valence-corrected chi connectivity index (χ4v) is 1.53. The molecule has 102 valence electrons. The van der Waals surface area contributed by atoms with E-state index in [9.17, 15) is 0 Å². The maximum Gasteiger partial charge on any atom is 0.142 e. The Morgan fingerprint density at radius 2 is 2.06 bits per heavy atom. The maximum absolute atomic E-state index is 5.80. The summed E-state index contributed by atoms with van der Waals surface area (Å²) in [5, 5.41) is 3.10. The van der Waals surface area contributed by atoms with Gasteiger partial charge in [-0.2, -0.15) is 0 Å². The van der Waals surface area contributed by atoms with E-state index in [2.05, 4.69) is 24.1 Å². The molecule has 0 amide bonds. The van der Waals surface area contributed by atoms with Gasteiger partial charge in [0.15, 0.2) is 0 Å². The van der Waals surface area contributed by atoms with Crippen LogP contribution < -0.4 is 10.1 Å². The van der Waals surface area contributed by atoms with Crippen LogP contribution in [0.3, 0.4) is 0 Å². The maximum atomic E-state index is 5.80. The predicted molar refractivity (Wildman–Crippen MR) is 72.9 cm³/mol. The van der Waals surface area contributed by atoms with Gasteiger partial charge in [0.2, 0.25) is 0 Å². The van der Waals surface area contributed by atoms with Crippen molar-refractivity contribution in [2.45, 2.75) is 39.3 Å². The first-order valence-electron chi connectivity index (χ1n) is 6.27. The molecule has 4 heteroatoms. The molecule has 1 aromatic heterocycles. The Balaban J connectivity index is 2.61. The molecular formula is C14H24N2O2. The van der Waals surface area contributed by atoms with Gasteiger partial charge in [-0.1, -0.05) is 0 Å². The van der Waals surface area contributed by atoms with Crippen molar-refractivity contribution in [1.29, 1.82) is 0 Å². The molecule has 0 aliphatic carbocycles. The normalized spacial score (nSPS) is 11.6. The molecule has 0 saturated carbocycles. The van der Waals surface area contributed by atoms with E-state index in [1.165, 1.54) is 0 Å². The first-order valence-corrected chi connectivity index (χ1v) is 6.27. The molecule has 0 fully saturated rings. The average Bonchev–Trinajstić information content (AvgIpc) is 2.32. The molecule has 0 aliphatic rings. The molecule has 0 aromatic carbocycles. The monoisotopic (exact) mass is 252 g/mol. The van der Waals surface area contributed by atoms with Crippen molar-refractivity contribution in [3.8, 4) is 5.75 Å². The Hall–Kier alpha value is -1.13. The van der Waals surface area contributed by atoms with Crippen LogP contribution in [0.15, 0.2) is 12.1 Å². The lowest BCUT2D eigenvalue weighted by Gasteiger charge is -2.23. The Kier molecular flexibility index (Phi) is 5.56. The zero-order valence-electron chi connectivity index (χ0n) is 12.0. The van der Waals surface area contributed by atoms with E-state index in [0.29, 0.717) is 13.2 Å². The minimum absolute atomic E-state index is 0.151. The summed E-state index contributed by atoms with van der Waals surface area (Å²) in [7, 11) is 3.63. The van der Waals surface area contributed by atoms with E-state index in [1.54, 1.807) is 7.11 Å². The first kappa shape index (κ1) is 14.9. The molecule has 0 atom stereocenters. The smallest absolute Gasteiger partial charge is 0.142 e. The second-order valence-corrected chi connectivity index (χ2v) is 4.99. The molecule has 18 heavy (non-hydrogen) atoms. The molecule has 1 aromatic rings. The number of methoxy groups -OCH3 is 1. The van der Waals surface area contributed by atoms with Gasteiger partial charge in [-0.25, -0.2) is 0 Å². The first-order chi connectivity index (χ1) is 8.48. The lowest BCUT2D eigenvalue weighted by atomic mass is 10.1. The Morgan fingerprint density at radius 1 is 1.33 bits per heavy atom. The third-order valence-electron chi connectivity index (χ3n) is 2.93. The summed E-state index contributed by atoms with van der Waals surface area (Å²) >= 11 is 0. The van der Waals surface area contributed by atoms with Gasteiger partial charge in [-0.05, 0) is 40.0 Å². The fourth-order valence-electron chi connectivity index (χ4n) is 1.53. The Morgan fingerprint density at radius 3 is 2.67 bits per heavy atom. The van der Waals surface area contributed by atoms with Crippen LogP contribution in [0.25, 0.3) is 0 Å². The van der Waals surface area contributed by atoms with Crippen LogP contribution in [-0.2, 0) is 11.3 Å². The van der Waals surface area contributed by atoms with Crippen LogP contribution in [0, 0.1) is 6.92 Å². The molecule has 0 radical (unpaired) electrons. The van der Waals surface area contributed by atoms with E-state index < -0.39 is 0 Å². The van der Waals surface area contributed by atoms with Crippen LogP contribution >= 0.6 is 0 Å². The molecule has 1 heterocycles. The Bertz CT molecular complexity index is 378. The van der Waals surface area contributed by atoms with Gasteiger partial charge in [-0.15, -0.1) is 0 Å². The summed E-state index contributed by atoms with van der Waals surface area (Å²) in [5.74, 6) is 0.849. The van der Waals surface area contributed by atoms with Gasteiger partial charge in [0.25, 0.3) is 0 Å². The number of hydrogen-bond acceptors (Lipinski definition) is 4. The number of nitrogens with zero attached hydrogens (tertiary/aromatic N) is 1. The van der Waals surface area contributed by atoms with Crippen LogP contribution in [0.5, 0.6) is 5.75 Å². The molecule has 4 nitrogen and oxygen atoms in total. The third-order valence-corrected chi connectivity index (χ3v) is 2.93. The van der Waals surface area contributed by atoms with Crippen molar-refractivity contribution < 1.29 is 9.47 Å². The van der Waals surface area contributed by atoms with Gasteiger partial charge in [0, 0.05) is 25.8 Å². The van der Waals surface area contributed by atoms with Gasteiger partial charge >= 0.3 is 0 Å². The highest BCUT2D eigenvalue weighted by atomic mass is 16.5. The topological polar surface area (TPSA) is 43.4 Å². The molecular weight excluding hydrogens is 228 g/mol. The number of hydrogen-bond donors (Lipinski definition) is 1. The highest BCUT2D eigenvalue weighted by Gasteiger charge is 2.16. The molecule has 1 rings (SSSR count). The predicted octanol–water partition coefficient (Wildman–Crippen LogP) is 2.30. The van der Waals surface area contributed by atoms with E-state index in [0.717, 1.165) is 23.6 Å². The minimum atomic E-state index is -0.151. The van der Waals surface area contributed by atoms with Crippen LogP contribution in [0.1, 0.15) is 31.7 Å². The second kappa shape index (κ2) is 6.71. The van der Waals surface area contributed by atoms with Gasteiger partial charge < -0.3 is 14.8 Å². The van der Waals surface area contributed by atoms with Crippen molar-refractivity contribution in [2.24, 2.45) is 0 Å². The van der Waals surface area contributed by atoms with Crippen molar-refractivity contribution in [2.75, 3.05) is 20.8 Å². The average molecular weight is 252 g/mol. The zero-order valence-corrected chi connectivity index (χ0v) is 12.0. The van der Waals surface area contributed by atoms with Crippen LogP contribution in [0.2, 0.25) is 0 Å². The molecule has 0 aliphatic heterocycles. The highest BCUT2D eigenvalue weighted by Crippen LogP contribution is 2.19. The van der Waals surface area contributed by atoms with Crippen molar-refractivity contribution in [1.82, 2.24) is 10.3 Å². The number of ether oxygens (including phenoxy) is 2. The van der Waals surface area contributed by atoms with E-state index >= 15 is 0 Å². The number of nitrogens with one attached hydrogen (secondary N) is 1. The van der Waals surface area contributed by atoms with Crippen molar-refractivity contribution in [3.05, 3.63) is 23.5 Å². The number of rotatable bonds is 7. The van der Waals surface area contributed by atoms with Crippen LogP contribution in [0.4, 0.5) is 0 Å². The molecule has 1 N–H and O–H groups in total. The fraction of sp³-hybridized carbons (Fsp3) is 0.643. The number of aromatic nitrogens is 1. The summed E-state index contributed by atoms with van der Waals surface area (Å²) < 4.78 is 11.2. The standard InChI is InChI=1S/C14H24N2O2/c1-11-6-7-13(12(16-11)10-15-4)18-9-8-14(2,3)17-5/h6-7,15H,8-10H2,1-5H3. The number of pyridine rings is 1. The molecule has 0 unspecified atom stereocenters. The van der Waals surface area contributed by atoms with Gasteiger partial charge in [0.1, 0.15) is 5.75 Å². The molecule has 0 saturated heterocycles. The summed E-state index contributed by atoms with van der Waals surface area (Å²) in [6.45, 7) is 7.43. The van der Waals surface area contributed by atoms with Crippen molar-refractivity contribution >= 4 is 0 Å². The van der Waals surface area contributed by atoms with Gasteiger partial charge in [0.05, 0.1) is 17.9 Å². The SMILES string of the molecule is CNCc1nc(C)ccc1OCCC(C)(C)OC. The quantitative estimate of drug-likeness (QED) is 0.808. The summed E-state index contributed by atoms with van der Waals surface area (Å²) in [5.41, 5.74) is 1.80. The Labute approximate surface area is 110 Å². The highest BCUT2D eigenvalue weighted by molar-refractivity contribution is 5.29. The van der Waals surface area contributed by atoms with Crippen molar-refractivity contribution in [3.63, 3.8) is 0 Å². The summed E-state index contributed by atoms with van der Waals surface area (Å²) in [6.07, 6.45) is 0.844. The van der Waals surface area contributed by atoms with E-state index in [-0.39, 0.29) is 5.60 Å². The largest absolute Gasteiger partial charge is 0.492 e. The minimum Gasteiger partial charge on any atom is -0.492 e. The molecule has 0 spiro atoms. The van der Waals surface area contributed by atoms with E-state index in [4.69, 9.17) is 9.47 Å². The second-order valence-electron chi connectivity index (χ2n) is 4.99. The lowest BCUT2D eigenvalue weighted by Crippen LogP contribution is -2.25. The van der Waals surface area contributed by atoms with Crippen LogP contribution in [-0.4, -0.2) is 31.3 Å². The third kappa shape index (κ3) is 4.63. The van der Waals surface area contributed by atoms with E-state index in [1.807, 2.05) is 26.1 Å². The number of aryl methyl sites for hydroxylation is 1.